The number of piperazine rings is 1. The first-order chi connectivity index (χ1) is 7.83. The molecule has 16 heavy (non-hydrogen) atoms. The molecule has 0 saturated carbocycles. The van der Waals surface area contributed by atoms with E-state index in [9.17, 15) is 0 Å². The van der Waals surface area contributed by atoms with Crippen LogP contribution in [-0.4, -0.2) is 59.6 Å². The predicted molar refractivity (Wildman–Crippen MR) is 65.1 cm³/mol. The fourth-order valence-electron chi connectivity index (χ4n) is 2.22. The van der Waals surface area contributed by atoms with Crippen LogP contribution in [0.2, 0.25) is 0 Å². The Balaban J connectivity index is 1.57. The van der Waals surface area contributed by atoms with E-state index >= 15 is 0 Å². The maximum atomic E-state index is 4.44. The zero-order chi connectivity index (χ0) is 11.0. The molecular weight excluding hydrogens is 222 g/mol. The average Bonchev–Trinajstić information content (AvgIpc) is 2.63. The van der Waals surface area contributed by atoms with Gasteiger partial charge in [0.1, 0.15) is 5.82 Å². The summed E-state index contributed by atoms with van der Waals surface area (Å²) in [7, 11) is 0. The van der Waals surface area contributed by atoms with Gasteiger partial charge in [0.15, 0.2) is 0 Å². The number of hydrogen-bond acceptors (Lipinski definition) is 6. The van der Waals surface area contributed by atoms with Crippen LogP contribution in [0.5, 0.6) is 0 Å². The molecule has 2 aliphatic rings. The maximum absolute atomic E-state index is 4.44. The van der Waals surface area contributed by atoms with Crippen LogP contribution in [0.1, 0.15) is 5.82 Å². The Morgan fingerprint density at radius 2 is 2.00 bits per heavy atom. The molecule has 1 N–H and O–H groups in total. The molecule has 88 valence electrons. The van der Waals surface area contributed by atoms with E-state index in [2.05, 4.69) is 24.5 Å². The van der Waals surface area contributed by atoms with Crippen LogP contribution in [0.4, 0.5) is 5.13 Å². The summed E-state index contributed by atoms with van der Waals surface area (Å²) >= 11 is 1.52. The molecule has 2 saturated heterocycles. The zero-order valence-electron chi connectivity index (χ0n) is 9.52. The maximum Gasteiger partial charge on any atom is 0.205 e. The summed E-state index contributed by atoms with van der Waals surface area (Å²) in [6, 6.07) is 0.776. The minimum atomic E-state index is 0.776. The molecule has 0 bridgehead atoms. The lowest BCUT2D eigenvalue weighted by molar-refractivity contribution is 0.138. The van der Waals surface area contributed by atoms with Crippen LogP contribution >= 0.6 is 11.5 Å². The van der Waals surface area contributed by atoms with Gasteiger partial charge in [0.05, 0.1) is 0 Å². The van der Waals surface area contributed by atoms with Gasteiger partial charge in [-0.3, -0.25) is 4.90 Å². The van der Waals surface area contributed by atoms with E-state index in [1.165, 1.54) is 11.5 Å². The van der Waals surface area contributed by atoms with Crippen LogP contribution < -0.4 is 10.2 Å². The Morgan fingerprint density at radius 1 is 1.25 bits per heavy atom. The first kappa shape index (κ1) is 10.4. The fourth-order valence-corrected chi connectivity index (χ4v) is 2.95. The van der Waals surface area contributed by atoms with E-state index < -0.39 is 0 Å². The molecule has 0 aliphatic carbocycles. The molecule has 0 atom stereocenters. The molecule has 2 fully saturated rings. The summed E-state index contributed by atoms with van der Waals surface area (Å²) in [5, 5.41) is 4.42. The van der Waals surface area contributed by atoms with Crippen LogP contribution in [0.15, 0.2) is 0 Å². The van der Waals surface area contributed by atoms with Crippen molar-refractivity contribution in [1.29, 1.82) is 0 Å². The third kappa shape index (κ3) is 1.92. The van der Waals surface area contributed by atoms with Crippen LogP contribution in [-0.2, 0) is 0 Å². The third-order valence-corrected chi connectivity index (χ3v) is 4.25. The van der Waals surface area contributed by atoms with Gasteiger partial charge >= 0.3 is 0 Å². The van der Waals surface area contributed by atoms with Gasteiger partial charge in [-0.1, -0.05) is 0 Å². The number of nitrogens with zero attached hydrogens (tertiary/aromatic N) is 4. The van der Waals surface area contributed by atoms with Crippen molar-refractivity contribution in [2.75, 3.05) is 44.2 Å². The molecule has 0 amide bonds. The SMILES string of the molecule is Cc1nsc(N2CCN(C3CNC3)CC2)n1. The molecule has 2 aliphatic heterocycles. The van der Waals surface area contributed by atoms with Gasteiger partial charge in [0.2, 0.25) is 5.13 Å². The lowest BCUT2D eigenvalue weighted by atomic mass is 10.1. The second-order valence-electron chi connectivity index (χ2n) is 4.46. The van der Waals surface area contributed by atoms with E-state index in [0.717, 1.165) is 56.3 Å². The summed E-state index contributed by atoms with van der Waals surface area (Å²) in [6.07, 6.45) is 0. The number of anilines is 1. The normalized spacial score (nSPS) is 23.4. The zero-order valence-corrected chi connectivity index (χ0v) is 10.3. The number of rotatable bonds is 2. The molecule has 3 rings (SSSR count). The Morgan fingerprint density at radius 3 is 2.50 bits per heavy atom. The van der Waals surface area contributed by atoms with Gasteiger partial charge in [-0.2, -0.15) is 4.37 Å². The predicted octanol–water partition coefficient (Wildman–Crippen LogP) is -0.0597. The van der Waals surface area contributed by atoms with Crippen LogP contribution in [0.25, 0.3) is 0 Å². The van der Waals surface area contributed by atoms with Gasteiger partial charge in [-0.25, -0.2) is 4.98 Å². The highest BCUT2D eigenvalue weighted by Crippen LogP contribution is 2.19. The highest BCUT2D eigenvalue weighted by molar-refractivity contribution is 7.09. The Labute approximate surface area is 99.6 Å². The standard InChI is InChI=1S/C10H17N5S/c1-8-12-10(16-13-8)15-4-2-14(3-5-15)9-6-11-7-9/h9,11H,2-7H2,1H3. The second-order valence-corrected chi connectivity index (χ2v) is 5.19. The molecule has 6 heteroatoms. The summed E-state index contributed by atoms with van der Waals surface area (Å²) in [5.74, 6) is 0.894. The lowest BCUT2D eigenvalue weighted by Crippen LogP contribution is -2.61. The van der Waals surface area contributed by atoms with Crippen molar-refractivity contribution in [1.82, 2.24) is 19.6 Å². The Kier molecular flexibility index (Phi) is 2.79. The molecule has 1 aromatic heterocycles. The number of aryl methyl sites for hydroxylation is 1. The molecule has 0 spiro atoms. The topological polar surface area (TPSA) is 44.3 Å². The summed E-state index contributed by atoms with van der Waals surface area (Å²) < 4.78 is 4.24. The summed E-state index contributed by atoms with van der Waals surface area (Å²) in [4.78, 5) is 9.38. The molecule has 0 unspecified atom stereocenters. The van der Waals surface area contributed by atoms with Crippen molar-refractivity contribution in [2.24, 2.45) is 0 Å². The lowest BCUT2D eigenvalue weighted by Gasteiger charge is -2.43. The van der Waals surface area contributed by atoms with Gasteiger partial charge in [0, 0.05) is 56.8 Å². The quantitative estimate of drug-likeness (QED) is 0.783. The van der Waals surface area contributed by atoms with Crippen molar-refractivity contribution in [3.63, 3.8) is 0 Å². The third-order valence-electron chi connectivity index (χ3n) is 3.38. The minimum Gasteiger partial charge on any atom is -0.344 e. The molecule has 1 aromatic rings. The summed E-state index contributed by atoms with van der Waals surface area (Å²) in [5.41, 5.74) is 0. The van der Waals surface area contributed by atoms with Gasteiger partial charge in [0.25, 0.3) is 0 Å². The summed E-state index contributed by atoms with van der Waals surface area (Å²) in [6.45, 7) is 8.78. The monoisotopic (exact) mass is 239 g/mol. The van der Waals surface area contributed by atoms with Crippen molar-refractivity contribution < 1.29 is 0 Å². The van der Waals surface area contributed by atoms with E-state index in [-0.39, 0.29) is 0 Å². The van der Waals surface area contributed by atoms with E-state index in [1.54, 1.807) is 0 Å². The van der Waals surface area contributed by atoms with Gasteiger partial charge < -0.3 is 10.2 Å². The fraction of sp³-hybridized carbons (Fsp3) is 0.800. The van der Waals surface area contributed by atoms with Crippen molar-refractivity contribution >= 4 is 16.7 Å². The highest BCUT2D eigenvalue weighted by Gasteiger charge is 2.28. The Bertz CT molecular complexity index is 354. The smallest absolute Gasteiger partial charge is 0.205 e. The first-order valence-corrected chi connectivity index (χ1v) is 6.60. The molecule has 0 aromatic carbocycles. The number of nitrogens with one attached hydrogen (secondary N) is 1. The van der Waals surface area contributed by atoms with Gasteiger partial charge in [-0.15, -0.1) is 0 Å². The molecular formula is C10H17N5S. The molecule has 3 heterocycles. The second kappa shape index (κ2) is 4.27. The average molecular weight is 239 g/mol. The van der Waals surface area contributed by atoms with Crippen LogP contribution in [0.3, 0.4) is 0 Å². The van der Waals surface area contributed by atoms with Crippen molar-refractivity contribution in [2.45, 2.75) is 13.0 Å². The molecule has 0 radical (unpaired) electrons. The van der Waals surface area contributed by atoms with Gasteiger partial charge in [-0.05, 0) is 6.92 Å². The van der Waals surface area contributed by atoms with E-state index in [0.29, 0.717) is 0 Å². The van der Waals surface area contributed by atoms with Crippen molar-refractivity contribution in [3.8, 4) is 0 Å². The first-order valence-electron chi connectivity index (χ1n) is 5.83. The number of hydrogen-bond donors (Lipinski definition) is 1. The Hall–Kier alpha value is -0.720. The largest absolute Gasteiger partial charge is 0.344 e. The van der Waals surface area contributed by atoms with Crippen LogP contribution in [0, 0.1) is 6.92 Å². The molecule has 5 nitrogen and oxygen atoms in total. The minimum absolute atomic E-state index is 0.776. The number of aromatic nitrogens is 2. The highest BCUT2D eigenvalue weighted by atomic mass is 32.1. The van der Waals surface area contributed by atoms with E-state index in [4.69, 9.17) is 0 Å². The van der Waals surface area contributed by atoms with E-state index in [1.807, 2.05) is 6.92 Å². The van der Waals surface area contributed by atoms with Crippen molar-refractivity contribution in [3.05, 3.63) is 5.82 Å².